The predicted octanol–water partition coefficient (Wildman–Crippen LogP) is 4.96. The molecule has 2 bridgehead atoms. The van der Waals surface area contributed by atoms with E-state index in [0.717, 1.165) is 34.3 Å². The highest BCUT2D eigenvalue weighted by atomic mass is 28.3. The summed E-state index contributed by atoms with van der Waals surface area (Å²) >= 11 is 0. The molecule has 5 nitrogen and oxygen atoms in total. The van der Waals surface area contributed by atoms with Crippen LogP contribution in [0.4, 0.5) is 17.6 Å². The van der Waals surface area contributed by atoms with Gasteiger partial charge in [0.1, 0.15) is 0 Å². The quantitative estimate of drug-likeness (QED) is 0.338. The monoisotopic (exact) mass is 467 g/mol. The number of nitrogens with zero attached hydrogens (tertiary/aromatic N) is 5. The van der Waals surface area contributed by atoms with Gasteiger partial charge in [-0.25, -0.2) is 9.97 Å². The zero-order chi connectivity index (χ0) is 23.1. The van der Waals surface area contributed by atoms with Crippen LogP contribution in [0, 0.1) is 6.92 Å². The van der Waals surface area contributed by atoms with Crippen molar-refractivity contribution in [2.75, 3.05) is 4.90 Å². The van der Waals surface area contributed by atoms with Crippen molar-refractivity contribution in [1.82, 2.24) is 18.4 Å². The zero-order valence-electron chi connectivity index (χ0n) is 19.1. The van der Waals surface area contributed by atoms with Crippen LogP contribution in [0.15, 0.2) is 109 Å². The van der Waals surface area contributed by atoms with E-state index in [2.05, 4.69) is 129 Å². The van der Waals surface area contributed by atoms with Gasteiger partial charge in [0.15, 0.2) is 0 Å². The SMILES string of the molecule is Cc1nc2n3c1-c1cccc(c1)[Si]3(c1ccccc1)n1c(nc3ccccc31)N2c1ccccc1. The molecule has 2 aliphatic heterocycles. The lowest BCUT2D eigenvalue weighted by Crippen LogP contribution is -2.72. The summed E-state index contributed by atoms with van der Waals surface area (Å²) in [4.78, 5) is 12.7. The molecule has 4 heterocycles. The van der Waals surface area contributed by atoms with E-state index >= 15 is 0 Å². The Bertz CT molecular complexity index is 1770. The first-order valence-corrected chi connectivity index (χ1v) is 13.8. The maximum atomic E-state index is 5.25. The van der Waals surface area contributed by atoms with Gasteiger partial charge in [-0.15, -0.1) is 0 Å². The first-order chi connectivity index (χ1) is 17.3. The number of para-hydroxylation sites is 3. The van der Waals surface area contributed by atoms with Gasteiger partial charge in [0.05, 0.1) is 28.1 Å². The summed E-state index contributed by atoms with van der Waals surface area (Å²) in [7, 11) is -2.82. The highest BCUT2D eigenvalue weighted by Crippen LogP contribution is 2.46. The molecule has 0 radical (unpaired) electrons. The van der Waals surface area contributed by atoms with Crippen LogP contribution in [0.2, 0.25) is 0 Å². The van der Waals surface area contributed by atoms with Gasteiger partial charge in [-0.2, -0.15) is 0 Å². The molecule has 6 aromatic rings. The van der Waals surface area contributed by atoms with Gasteiger partial charge in [-0.05, 0) is 53.2 Å². The normalized spacial score (nSPS) is 17.3. The maximum absolute atomic E-state index is 5.25. The van der Waals surface area contributed by atoms with Crippen molar-refractivity contribution in [1.29, 1.82) is 0 Å². The number of aryl methyl sites for hydroxylation is 1. The number of anilines is 3. The summed E-state index contributed by atoms with van der Waals surface area (Å²) in [5, 5.41) is 2.65. The maximum Gasteiger partial charge on any atom is 0.345 e. The molecule has 35 heavy (non-hydrogen) atoms. The molecule has 0 aliphatic carbocycles. The summed E-state index contributed by atoms with van der Waals surface area (Å²) < 4.78 is 5.11. The van der Waals surface area contributed by atoms with E-state index in [0.29, 0.717) is 0 Å². The molecule has 0 N–H and O–H groups in total. The summed E-state index contributed by atoms with van der Waals surface area (Å²) in [6.45, 7) is 2.13. The summed E-state index contributed by atoms with van der Waals surface area (Å²) in [5.41, 5.74) is 6.67. The largest absolute Gasteiger partial charge is 0.345 e. The second kappa shape index (κ2) is 6.58. The fourth-order valence-corrected chi connectivity index (χ4v) is 11.0. The Kier molecular flexibility index (Phi) is 3.56. The molecule has 2 aromatic heterocycles. The summed E-state index contributed by atoms with van der Waals surface area (Å²) in [6, 6.07) is 39.0. The Labute approximate surface area is 203 Å². The minimum absolute atomic E-state index is 0.921. The average molecular weight is 468 g/mol. The Balaban J connectivity index is 1.64. The zero-order valence-corrected chi connectivity index (χ0v) is 20.1. The third kappa shape index (κ3) is 2.22. The third-order valence-corrected chi connectivity index (χ3v) is 11.8. The van der Waals surface area contributed by atoms with Crippen LogP contribution in [-0.2, 0) is 0 Å². The fraction of sp³-hybridized carbons (Fsp3) is 0.0345. The minimum atomic E-state index is -2.82. The number of hydrogen-bond acceptors (Lipinski definition) is 3. The lowest BCUT2D eigenvalue weighted by molar-refractivity contribution is 0.930. The summed E-state index contributed by atoms with van der Waals surface area (Å²) in [6.07, 6.45) is 0. The lowest BCUT2D eigenvalue weighted by Gasteiger charge is -2.45. The molecule has 8 rings (SSSR count). The van der Waals surface area contributed by atoms with Crippen molar-refractivity contribution < 1.29 is 0 Å². The standard InChI is InChI=1S/C29H21N5Si/c1-20-27-21-11-10-16-24(19-21)35(23-14-6-3-7-15-23)33-26-18-9-8-17-25(26)31-29(33)32(28(30-20)34(27)35)22-12-4-2-5-13-22/h2-19H,1H3. The van der Waals surface area contributed by atoms with E-state index in [9.17, 15) is 0 Å². The number of hydrogen-bond donors (Lipinski definition) is 0. The first kappa shape index (κ1) is 18.9. The van der Waals surface area contributed by atoms with Crippen LogP contribution in [0.3, 0.4) is 0 Å². The molecule has 0 saturated carbocycles. The van der Waals surface area contributed by atoms with Crippen LogP contribution < -0.4 is 15.3 Å². The molecule has 4 aromatic carbocycles. The van der Waals surface area contributed by atoms with Crippen molar-refractivity contribution in [3.63, 3.8) is 0 Å². The predicted molar refractivity (Wildman–Crippen MR) is 143 cm³/mol. The van der Waals surface area contributed by atoms with Crippen molar-refractivity contribution in [2.45, 2.75) is 6.92 Å². The van der Waals surface area contributed by atoms with Crippen LogP contribution in [0.1, 0.15) is 5.69 Å². The van der Waals surface area contributed by atoms with Gasteiger partial charge >= 0.3 is 8.40 Å². The summed E-state index contributed by atoms with van der Waals surface area (Å²) in [5.74, 6) is 1.86. The molecule has 0 fully saturated rings. The van der Waals surface area contributed by atoms with Gasteiger partial charge in [-0.1, -0.05) is 78.9 Å². The number of rotatable bonds is 2. The number of imidazole rings is 2. The second-order valence-electron chi connectivity index (χ2n) is 9.21. The molecule has 0 saturated heterocycles. The van der Waals surface area contributed by atoms with Gasteiger partial charge in [0.2, 0.25) is 11.9 Å². The topological polar surface area (TPSA) is 38.9 Å². The van der Waals surface area contributed by atoms with E-state index in [1.54, 1.807) is 0 Å². The molecule has 0 spiro atoms. The Morgan fingerprint density at radius 3 is 2.14 bits per heavy atom. The van der Waals surface area contributed by atoms with Crippen molar-refractivity contribution in [3.05, 3.63) is 115 Å². The van der Waals surface area contributed by atoms with Crippen molar-refractivity contribution >= 4 is 47.4 Å². The highest BCUT2D eigenvalue weighted by molar-refractivity contribution is 7.01. The molecule has 0 amide bonds. The van der Waals surface area contributed by atoms with Crippen LogP contribution in [0.5, 0.6) is 0 Å². The van der Waals surface area contributed by atoms with Gasteiger partial charge in [0, 0.05) is 0 Å². The lowest BCUT2D eigenvalue weighted by atomic mass is 10.1. The van der Waals surface area contributed by atoms with Gasteiger partial charge in [-0.3, -0.25) is 4.90 Å². The molecule has 1 atom stereocenters. The molecular formula is C29H21N5Si. The molecule has 166 valence electrons. The highest BCUT2D eigenvalue weighted by Gasteiger charge is 2.55. The smallest absolute Gasteiger partial charge is 0.310 e. The Hall–Kier alpha value is -4.42. The van der Waals surface area contributed by atoms with Crippen molar-refractivity contribution in [3.8, 4) is 11.3 Å². The van der Waals surface area contributed by atoms with E-state index in [1.165, 1.54) is 21.6 Å². The first-order valence-electron chi connectivity index (χ1n) is 11.9. The van der Waals surface area contributed by atoms with Crippen LogP contribution in [-0.4, -0.2) is 26.8 Å². The Morgan fingerprint density at radius 1 is 0.629 bits per heavy atom. The van der Waals surface area contributed by atoms with Gasteiger partial charge in [0.25, 0.3) is 0 Å². The third-order valence-electron chi connectivity index (χ3n) is 7.35. The van der Waals surface area contributed by atoms with E-state index in [1.807, 2.05) is 0 Å². The second-order valence-corrected chi connectivity index (χ2v) is 12.6. The van der Waals surface area contributed by atoms with Gasteiger partial charge < -0.3 is 8.47 Å². The molecule has 6 heteroatoms. The average Bonchev–Trinajstić information content (AvgIpc) is 3.46. The van der Waals surface area contributed by atoms with Crippen molar-refractivity contribution in [2.24, 2.45) is 0 Å². The Morgan fingerprint density at radius 2 is 1.31 bits per heavy atom. The minimum Gasteiger partial charge on any atom is -0.310 e. The molecule has 1 unspecified atom stereocenters. The van der Waals surface area contributed by atoms with Crippen LogP contribution >= 0.6 is 0 Å². The number of fused-ring (bicyclic) bond motifs is 8. The van der Waals surface area contributed by atoms with E-state index in [4.69, 9.17) is 9.97 Å². The van der Waals surface area contributed by atoms with Crippen LogP contribution in [0.25, 0.3) is 22.3 Å². The fourth-order valence-electron chi connectivity index (χ4n) is 6.03. The molecule has 2 aliphatic rings. The number of benzene rings is 4. The number of aromatic nitrogens is 4. The molecular weight excluding hydrogens is 446 g/mol. The van der Waals surface area contributed by atoms with E-state index < -0.39 is 8.40 Å². The van der Waals surface area contributed by atoms with E-state index in [-0.39, 0.29) is 0 Å².